The highest BCUT2D eigenvalue weighted by molar-refractivity contribution is 5.82. The Labute approximate surface area is 141 Å². The zero-order valence-corrected chi connectivity index (χ0v) is 14.2. The van der Waals surface area contributed by atoms with Crippen LogP contribution in [0.4, 0.5) is 0 Å². The molecule has 4 fully saturated rings. The SMILES string of the molecule is C=C[C@@]1(C)C=C2C(=CC1)[C@]13C[C@H]1CC[C@@]1(C)C(=O)O[C@@](O)([C@H]2O)[C@@H]31. The van der Waals surface area contributed by atoms with Gasteiger partial charge in [0.25, 0.3) is 0 Å². The van der Waals surface area contributed by atoms with Crippen LogP contribution in [0.15, 0.2) is 36.0 Å². The van der Waals surface area contributed by atoms with E-state index >= 15 is 0 Å². The molecule has 24 heavy (non-hydrogen) atoms. The lowest BCUT2D eigenvalue weighted by molar-refractivity contribution is -0.256. The van der Waals surface area contributed by atoms with E-state index in [1.165, 1.54) is 0 Å². The van der Waals surface area contributed by atoms with Gasteiger partial charge < -0.3 is 14.9 Å². The van der Waals surface area contributed by atoms with Gasteiger partial charge >= 0.3 is 5.97 Å². The minimum atomic E-state index is -1.80. The van der Waals surface area contributed by atoms with E-state index in [1.54, 1.807) is 0 Å². The van der Waals surface area contributed by atoms with Crippen LogP contribution in [0.1, 0.15) is 39.5 Å². The van der Waals surface area contributed by atoms with Crippen molar-refractivity contribution in [3.63, 3.8) is 0 Å². The largest absolute Gasteiger partial charge is 0.429 e. The molecule has 3 saturated carbocycles. The summed E-state index contributed by atoms with van der Waals surface area (Å²) < 4.78 is 5.50. The van der Waals surface area contributed by atoms with Crippen LogP contribution < -0.4 is 0 Å². The first-order chi connectivity index (χ1) is 11.2. The van der Waals surface area contributed by atoms with Gasteiger partial charge in [-0.25, -0.2) is 0 Å². The highest BCUT2D eigenvalue weighted by Crippen LogP contribution is 2.80. The van der Waals surface area contributed by atoms with Crippen LogP contribution >= 0.6 is 0 Å². The third kappa shape index (κ3) is 1.35. The summed E-state index contributed by atoms with van der Waals surface area (Å²) in [5.41, 5.74) is 0.738. The Bertz CT molecular complexity index is 751. The number of allylic oxidation sites excluding steroid dienone is 3. The average Bonchev–Trinajstić information content (AvgIpc) is 3.22. The minimum absolute atomic E-state index is 0.207. The fourth-order valence-electron chi connectivity index (χ4n) is 6.30. The smallest absolute Gasteiger partial charge is 0.314 e. The molecule has 0 bridgehead atoms. The number of esters is 1. The van der Waals surface area contributed by atoms with Gasteiger partial charge in [0.1, 0.15) is 6.10 Å². The molecule has 4 nitrogen and oxygen atoms in total. The van der Waals surface area contributed by atoms with E-state index in [1.807, 2.05) is 19.1 Å². The second-order valence-electron chi connectivity index (χ2n) is 9.01. The van der Waals surface area contributed by atoms with E-state index < -0.39 is 17.3 Å². The lowest BCUT2D eigenvalue weighted by Crippen LogP contribution is -2.60. The molecule has 1 heterocycles. The Morgan fingerprint density at radius 2 is 2.17 bits per heavy atom. The standard InChI is InChI=1S/C20H24O4/c1-4-17(2)7-6-13-12(10-17)14(21)20(23)15-18(3,16(22)24-20)8-5-11-9-19(11,13)15/h4,6,10-11,14-15,21,23H,1,5,7-9H2,2-3H3/t11-,14+,15-,17-,18-,19+,20+/m1/s1. The van der Waals surface area contributed by atoms with Gasteiger partial charge in [-0.15, -0.1) is 6.58 Å². The number of ether oxygens (including phenoxy) is 1. The van der Waals surface area contributed by atoms with Crippen molar-refractivity contribution < 1.29 is 19.7 Å². The van der Waals surface area contributed by atoms with Crippen LogP contribution in [0.25, 0.3) is 0 Å². The van der Waals surface area contributed by atoms with Gasteiger partial charge in [-0.1, -0.05) is 25.2 Å². The van der Waals surface area contributed by atoms with Crippen LogP contribution in [-0.2, 0) is 9.53 Å². The Morgan fingerprint density at radius 3 is 2.88 bits per heavy atom. The van der Waals surface area contributed by atoms with Crippen LogP contribution in [0.2, 0.25) is 0 Å². The van der Waals surface area contributed by atoms with E-state index in [0.29, 0.717) is 5.92 Å². The topological polar surface area (TPSA) is 66.8 Å². The van der Waals surface area contributed by atoms with E-state index in [0.717, 1.165) is 36.8 Å². The number of carbonyl (C=O) groups is 1. The van der Waals surface area contributed by atoms with Crippen LogP contribution in [-0.4, -0.2) is 28.1 Å². The third-order valence-corrected chi connectivity index (χ3v) is 7.65. The summed E-state index contributed by atoms with van der Waals surface area (Å²) in [4.78, 5) is 12.6. The Morgan fingerprint density at radius 1 is 1.42 bits per heavy atom. The lowest BCUT2D eigenvalue weighted by atomic mass is 9.52. The third-order valence-electron chi connectivity index (χ3n) is 7.65. The molecule has 0 aromatic heterocycles. The molecule has 5 aliphatic rings. The van der Waals surface area contributed by atoms with Crippen molar-refractivity contribution >= 4 is 5.97 Å². The number of hydrogen-bond acceptors (Lipinski definition) is 4. The molecule has 0 amide bonds. The molecule has 0 aromatic rings. The molecule has 128 valence electrons. The molecular formula is C20H24O4. The van der Waals surface area contributed by atoms with Crippen molar-refractivity contribution in [3.05, 3.63) is 36.0 Å². The summed E-state index contributed by atoms with van der Waals surface area (Å²) in [6.07, 6.45) is 8.46. The molecule has 1 aliphatic heterocycles. The number of hydrogen-bond donors (Lipinski definition) is 2. The maximum Gasteiger partial charge on any atom is 0.314 e. The zero-order valence-electron chi connectivity index (χ0n) is 14.2. The molecule has 5 rings (SSSR count). The molecule has 4 aliphatic carbocycles. The van der Waals surface area contributed by atoms with Gasteiger partial charge in [0.05, 0.1) is 11.3 Å². The summed E-state index contributed by atoms with van der Waals surface area (Å²) in [6.45, 7) is 7.89. The monoisotopic (exact) mass is 328 g/mol. The Hall–Kier alpha value is -1.39. The first-order valence-electron chi connectivity index (χ1n) is 8.92. The first kappa shape index (κ1) is 14.9. The normalized spacial score (nSPS) is 57.0. The average molecular weight is 328 g/mol. The maximum atomic E-state index is 12.6. The fourth-order valence-corrected chi connectivity index (χ4v) is 6.30. The van der Waals surface area contributed by atoms with Crippen molar-refractivity contribution in [2.24, 2.45) is 28.1 Å². The van der Waals surface area contributed by atoms with Crippen molar-refractivity contribution in [3.8, 4) is 0 Å². The molecular weight excluding hydrogens is 304 g/mol. The van der Waals surface area contributed by atoms with Crippen molar-refractivity contribution in [1.29, 1.82) is 0 Å². The molecule has 0 aromatic carbocycles. The number of aliphatic hydroxyl groups is 2. The summed E-state index contributed by atoms with van der Waals surface area (Å²) in [6, 6.07) is 0. The van der Waals surface area contributed by atoms with Gasteiger partial charge in [-0.3, -0.25) is 4.79 Å². The second kappa shape index (κ2) is 3.88. The molecule has 0 unspecified atom stereocenters. The van der Waals surface area contributed by atoms with E-state index in [9.17, 15) is 15.0 Å². The zero-order chi connectivity index (χ0) is 17.1. The Balaban J connectivity index is 1.75. The van der Waals surface area contributed by atoms with Gasteiger partial charge in [0, 0.05) is 10.8 Å². The van der Waals surface area contributed by atoms with E-state index in [4.69, 9.17) is 4.74 Å². The van der Waals surface area contributed by atoms with Gasteiger partial charge in [0.15, 0.2) is 0 Å². The summed E-state index contributed by atoms with van der Waals surface area (Å²) >= 11 is 0. The molecule has 1 saturated heterocycles. The van der Waals surface area contributed by atoms with Crippen molar-refractivity contribution in [2.45, 2.75) is 51.4 Å². The molecule has 2 N–H and O–H groups in total. The highest BCUT2D eigenvalue weighted by atomic mass is 16.7. The van der Waals surface area contributed by atoms with Crippen LogP contribution in [0.3, 0.4) is 0 Å². The summed E-state index contributed by atoms with van der Waals surface area (Å²) in [7, 11) is 0. The predicted octanol–water partition coefficient (Wildman–Crippen LogP) is 2.48. The molecule has 7 atom stereocenters. The fraction of sp³-hybridized carbons (Fsp3) is 0.650. The van der Waals surface area contributed by atoms with Crippen LogP contribution in [0.5, 0.6) is 0 Å². The lowest BCUT2D eigenvalue weighted by Gasteiger charge is -2.52. The van der Waals surface area contributed by atoms with Gasteiger partial charge in [-0.2, -0.15) is 0 Å². The van der Waals surface area contributed by atoms with E-state index in [2.05, 4.69) is 19.6 Å². The predicted molar refractivity (Wildman–Crippen MR) is 87.5 cm³/mol. The molecule has 0 radical (unpaired) electrons. The first-order valence-corrected chi connectivity index (χ1v) is 8.92. The molecule has 1 spiro atoms. The number of rotatable bonds is 1. The summed E-state index contributed by atoms with van der Waals surface area (Å²) in [5.74, 6) is -2.03. The van der Waals surface area contributed by atoms with Crippen LogP contribution in [0, 0.1) is 28.1 Å². The van der Waals surface area contributed by atoms with Crippen molar-refractivity contribution in [1.82, 2.24) is 0 Å². The van der Waals surface area contributed by atoms with E-state index in [-0.39, 0.29) is 22.7 Å². The maximum absolute atomic E-state index is 12.6. The van der Waals surface area contributed by atoms with Gasteiger partial charge in [-0.05, 0) is 49.7 Å². The number of aliphatic hydroxyl groups excluding tert-OH is 1. The minimum Gasteiger partial charge on any atom is -0.429 e. The van der Waals surface area contributed by atoms with Gasteiger partial charge in [0.2, 0.25) is 5.79 Å². The highest BCUT2D eigenvalue weighted by Gasteiger charge is 2.82. The van der Waals surface area contributed by atoms with Crippen molar-refractivity contribution in [2.75, 3.05) is 0 Å². The number of carbonyl (C=O) groups excluding carboxylic acids is 1. The second-order valence-corrected chi connectivity index (χ2v) is 9.01. The summed E-state index contributed by atoms with van der Waals surface area (Å²) in [5, 5.41) is 22.3. The Kier molecular flexibility index (Phi) is 2.41. The molecule has 4 heteroatoms. The number of fused-ring (bicyclic) bond motifs is 1. The quantitative estimate of drug-likeness (QED) is 0.573.